The van der Waals surface area contributed by atoms with E-state index >= 15 is 0 Å². The second-order valence-electron chi connectivity index (χ2n) is 7.69. The molecule has 19 heavy (non-hydrogen) atoms. The van der Waals surface area contributed by atoms with Crippen LogP contribution in [0, 0.1) is 17.3 Å². The van der Waals surface area contributed by atoms with Gasteiger partial charge in [0.1, 0.15) is 0 Å². The van der Waals surface area contributed by atoms with Crippen molar-refractivity contribution >= 4 is 17.7 Å². The maximum atomic E-state index is 12.5. The van der Waals surface area contributed by atoms with Crippen molar-refractivity contribution in [3.8, 4) is 0 Å². The summed E-state index contributed by atoms with van der Waals surface area (Å²) in [4.78, 5) is 14.6. The lowest BCUT2D eigenvalue weighted by molar-refractivity contribution is -0.139. The zero-order chi connectivity index (χ0) is 13.1. The van der Waals surface area contributed by atoms with Crippen molar-refractivity contribution in [1.29, 1.82) is 0 Å². The van der Waals surface area contributed by atoms with Crippen molar-refractivity contribution in [2.75, 3.05) is 18.2 Å². The van der Waals surface area contributed by atoms with Gasteiger partial charge in [0, 0.05) is 24.3 Å². The Bertz CT molecular complexity index is 391. The zero-order valence-electron chi connectivity index (χ0n) is 11.6. The molecule has 0 spiro atoms. The van der Waals surface area contributed by atoms with Gasteiger partial charge in [-0.15, -0.1) is 11.8 Å². The third-order valence-electron chi connectivity index (χ3n) is 5.86. The van der Waals surface area contributed by atoms with Crippen LogP contribution in [-0.4, -0.2) is 34.5 Å². The maximum Gasteiger partial charge on any atom is 0.223 e. The van der Waals surface area contributed by atoms with Gasteiger partial charge in [0.25, 0.3) is 0 Å². The largest absolute Gasteiger partial charge is 0.333 e. The van der Waals surface area contributed by atoms with E-state index in [2.05, 4.69) is 4.90 Å². The van der Waals surface area contributed by atoms with Crippen molar-refractivity contribution < 1.29 is 4.79 Å². The molecule has 3 nitrogen and oxygen atoms in total. The summed E-state index contributed by atoms with van der Waals surface area (Å²) in [6.45, 7) is 0.959. The third-order valence-corrected chi connectivity index (χ3v) is 6.82. The molecule has 0 radical (unpaired) electrons. The molecule has 2 unspecified atom stereocenters. The van der Waals surface area contributed by atoms with Gasteiger partial charge >= 0.3 is 0 Å². The van der Waals surface area contributed by atoms with Crippen LogP contribution >= 0.6 is 11.8 Å². The minimum absolute atomic E-state index is 0.0735. The molecule has 4 heteroatoms. The SMILES string of the molecule is NC12CC3CC(C1)CC(CC(=O)N1CCSC1)(C3)C2. The summed E-state index contributed by atoms with van der Waals surface area (Å²) in [5, 5.41) is 0. The average Bonchev–Trinajstić information content (AvgIpc) is 2.77. The zero-order valence-corrected chi connectivity index (χ0v) is 12.4. The molecule has 5 aliphatic rings. The molecule has 2 N–H and O–H groups in total. The number of carbonyl (C=O) groups excluding carboxylic acids is 1. The smallest absolute Gasteiger partial charge is 0.223 e. The van der Waals surface area contributed by atoms with Crippen LogP contribution in [0.3, 0.4) is 0 Å². The highest BCUT2D eigenvalue weighted by molar-refractivity contribution is 7.99. The summed E-state index contributed by atoms with van der Waals surface area (Å²) in [5.41, 5.74) is 6.95. The van der Waals surface area contributed by atoms with E-state index in [4.69, 9.17) is 5.73 Å². The second-order valence-corrected chi connectivity index (χ2v) is 8.77. The molecule has 5 fully saturated rings. The van der Waals surface area contributed by atoms with Crippen LogP contribution in [0.5, 0.6) is 0 Å². The molecule has 1 amide bonds. The molecular formula is C15H24N2OS. The summed E-state index contributed by atoms with van der Waals surface area (Å²) in [6.07, 6.45) is 8.26. The molecule has 4 aliphatic carbocycles. The van der Waals surface area contributed by atoms with Crippen molar-refractivity contribution in [2.24, 2.45) is 23.0 Å². The van der Waals surface area contributed by atoms with Crippen LogP contribution < -0.4 is 5.73 Å². The van der Waals surface area contributed by atoms with Crippen molar-refractivity contribution in [2.45, 2.75) is 50.5 Å². The van der Waals surface area contributed by atoms with E-state index in [0.717, 1.165) is 42.9 Å². The van der Waals surface area contributed by atoms with E-state index in [1.165, 1.54) is 32.1 Å². The van der Waals surface area contributed by atoms with Gasteiger partial charge < -0.3 is 10.6 Å². The number of hydrogen-bond acceptors (Lipinski definition) is 3. The second kappa shape index (κ2) is 4.14. The Hall–Kier alpha value is -0.220. The highest BCUT2D eigenvalue weighted by Gasteiger charge is 2.56. The average molecular weight is 280 g/mol. The maximum absolute atomic E-state index is 12.5. The van der Waals surface area contributed by atoms with E-state index in [0.29, 0.717) is 5.91 Å². The lowest BCUT2D eigenvalue weighted by Crippen LogP contribution is -2.60. The van der Waals surface area contributed by atoms with Crippen LogP contribution in [0.4, 0.5) is 0 Å². The number of thioether (sulfide) groups is 1. The first-order valence-electron chi connectivity index (χ1n) is 7.70. The van der Waals surface area contributed by atoms with Crippen LogP contribution in [0.15, 0.2) is 0 Å². The van der Waals surface area contributed by atoms with Crippen molar-refractivity contribution in [1.82, 2.24) is 4.90 Å². The summed E-state index contributed by atoms with van der Waals surface area (Å²) < 4.78 is 0. The summed E-state index contributed by atoms with van der Waals surface area (Å²) >= 11 is 1.88. The van der Waals surface area contributed by atoms with E-state index in [1.54, 1.807) is 0 Å². The number of rotatable bonds is 2. The Kier molecular flexibility index (Phi) is 2.73. The van der Waals surface area contributed by atoms with Crippen LogP contribution in [0.2, 0.25) is 0 Å². The van der Waals surface area contributed by atoms with Crippen molar-refractivity contribution in [3.05, 3.63) is 0 Å². The lowest BCUT2D eigenvalue weighted by atomic mass is 9.46. The van der Waals surface area contributed by atoms with E-state index in [9.17, 15) is 4.79 Å². The summed E-state index contributed by atoms with van der Waals surface area (Å²) in [7, 11) is 0. The fraction of sp³-hybridized carbons (Fsp3) is 0.933. The molecule has 0 aromatic carbocycles. The minimum atomic E-state index is 0.0735. The lowest BCUT2D eigenvalue weighted by Gasteiger charge is -2.61. The Labute approximate surface area is 119 Å². The highest BCUT2D eigenvalue weighted by Crippen LogP contribution is 2.62. The summed E-state index contributed by atoms with van der Waals surface area (Å²) in [6, 6.07) is 0. The first-order chi connectivity index (χ1) is 9.06. The topological polar surface area (TPSA) is 46.3 Å². The standard InChI is InChI=1S/C15H24N2OS/c16-15-6-11-3-12(7-15)5-14(4-11,9-15)8-13(18)17-1-2-19-10-17/h11-12H,1-10,16H2. The molecule has 106 valence electrons. The number of nitrogens with two attached hydrogens (primary N) is 1. The Morgan fingerprint density at radius 2 is 2.00 bits per heavy atom. The predicted molar refractivity (Wildman–Crippen MR) is 77.7 cm³/mol. The Morgan fingerprint density at radius 1 is 1.26 bits per heavy atom. The van der Waals surface area contributed by atoms with Gasteiger partial charge in [0.05, 0.1) is 5.88 Å². The molecule has 4 bridgehead atoms. The number of hydrogen-bond donors (Lipinski definition) is 1. The van der Waals surface area contributed by atoms with Crippen LogP contribution in [0.25, 0.3) is 0 Å². The van der Waals surface area contributed by atoms with Gasteiger partial charge in [-0.1, -0.05) is 0 Å². The first kappa shape index (κ1) is 12.5. The van der Waals surface area contributed by atoms with E-state index in [1.807, 2.05) is 11.8 Å². The van der Waals surface area contributed by atoms with Gasteiger partial charge in [0.2, 0.25) is 5.91 Å². The predicted octanol–water partition coefficient (Wildman–Crippen LogP) is 2.21. The first-order valence-corrected chi connectivity index (χ1v) is 8.86. The molecule has 1 saturated heterocycles. The molecule has 1 aliphatic heterocycles. The molecular weight excluding hydrogens is 256 g/mol. The third kappa shape index (κ3) is 2.11. The Morgan fingerprint density at radius 3 is 2.58 bits per heavy atom. The molecule has 5 rings (SSSR count). The van der Waals surface area contributed by atoms with Gasteiger partial charge in [-0.2, -0.15) is 0 Å². The summed E-state index contributed by atoms with van der Waals surface area (Å²) in [5.74, 6) is 4.05. The fourth-order valence-corrected chi connectivity index (χ4v) is 6.75. The quantitative estimate of drug-likeness (QED) is 0.843. The van der Waals surface area contributed by atoms with Gasteiger partial charge in [-0.3, -0.25) is 4.79 Å². The van der Waals surface area contributed by atoms with E-state index < -0.39 is 0 Å². The minimum Gasteiger partial charge on any atom is -0.333 e. The number of nitrogens with zero attached hydrogens (tertiary/aromatic N) is 1. The molecule has 2 atom stereocenters. The van der Waals surface area contributed by atoms with Gasteiger partial charge in [-0.25, -0.2) is 0 Å². The van der Waals surface area contributed by atoms with Gasteiger partial charge in [-0.05, 0) is 55.8 Å². The number of amides is 1. The normalized spacial score (nSPS) is 47.9. The van der Waals surface area contributed by atoms with Gasteiger partial charge in [0.15, 0.2) is 0 Å². The van der Waals surface area contributed by atoms with E-state index in [-0.39, 0.29) is 11.0 Å². The molecule has 4 saturated carbocycles. The van der Waals surface area contributed by atoms with Crippen LogP contribution in [0.1, 0.15) is 44.9 Å². The molecule has 1 heterocycles. The number of carbonyl (C=O) groups is 1. The Balaban J connectivity index is 1.52. The fourth-order valence-electron chi connectivity index (χ4n) is 5.78. The monoisotopic (exact) mass is 280 g/mol. The molecule has 0 aromatic rings. The van der Waals surface area contributed by atoms with Crippen LogP contribution in [-0.2, 0) is 4.79 Å². The highest BCUT2D eigenvalue weighted by atomic mass is 32.2. The van der Waals surface area contributed by atoms with Crippen molar-refractivity contribution in [3.63, 3.8) is 0 Å². The molecule has 0 aromatic heterocycles.